The van der Waals surface area contributed by atoms with Gasteiger partial charge in [-0.1, -0.05) is 46.3 Å². The van der Waals surface area contributed by atoms with Gasteiger partial charge in [0.1, 0.15) is 6.10 Å². The van der Waals surface area contributed by atoms with Gasteiger partial charge >= 0.3 is 5.97 Å². The highest BCUT2D eigenvalue weighted by Crippen LogP contribution is 2.45. The topological polar surface area (TPSA) is 85.2 Å². The molecule has 2 rings (SSSR count). The standard InChI is InChI=1S/C31H56F2O6Si/c1-7-8-20-31(32,33)27(39-40(5,6)30(2,3)4)19-18-24-23(15-11-9-10-12-16-28(35)36)25(34)22-26(24)38-29-17-13-14-21-37-29/h9,11,23-27,29,34H,7-8,10,12-22H2,1-6H3,(H,35,36)/b11-9-/t23-,24-,25+,26-,27?,29?/m1/s1. The van der Waals surface area contributed by atoms with Crippen molar-refractivity contribution in [3.8, 4) is 0 Å². The third-order valence-electron chi connectivity index (χ3n) is 9.14. The molecule has 6 nitrogen and oxygen atoms in total. The van der Waals surface area contributed by atoms with Gasteiger partial charge in [0.2, 0.25) is 0 Å². The molecule has 0 aromatic heterocycles. The van der Waals surface area contributed by atoms with Crippen molar-refractivity contribution in [2.45, 2.75) is 160 Å². The summed E-state index contributed by atoms with van der Waals surface area (Å²) in [5.74, 6) is -3.96. The van der Waals surface area contributed by atoms with Crippen molar-refractivity contribution in [3.05, 3.63) is 12.2 Å². The average molecular weight is 591 g/mol. The van der Waals surface area contributed by atoms with Crippen LogP contribution < -0.4 is 0 Å². The smallest absolute Gasteiger partial charge is 0.303 e. The summed E-state index contributed by atoms with van der Waals surface area (Å²) in [5.41, 5.74) is 0. The first kappa shape index (κ1) is 35.3. The molecule has 2 N–H and O–H groups in total. The van der Waals surface area contributed by atoms with Gasteiger partial charge in [-0.2, -0.15) is 0 Å². The zero-order valence-corrected chi connectivity index (χ0v) is 26.8. The van der Waals surface area contributed by atoms with E-state index in [2.05, 4.69) is 20.8 Å². The largest absolute Gasteiger partial charge is 0.481 e. The Hall–Kier alpha value is -0.873. The molecule has 0 amide bonds. The quantitative estimate of drug-likeness (QED) is 0.101. The Morgan fingerprint density at radius 1 is 1.15 bits per heavy atom. The third-order valence-corrected chi connectivity index (χ3v) is 13.6. The number of carboxylic acid groups (broad SMARTS) is 1. The molecule has 2 aliphatic rings. The van der Waals surface area contributed by atoms with Crippen LogP contribution in [0.5, 0.6) is 0 Å². The highest BCUT2D eigenvalue weighted by Gasteiger charge is 2.49. The van der Waals surface area contributed by atoms with Crippen molar-refractivity contribution in [1.29, 1.82) is 0 Å². The first-order valence-electron chi connectivity index (χ1n) is 15.6. The van der Waals surface area contributed by atoms with E-state index in [0.29, 0.717) is 51.6 Å². The van der Waals surface area contributed by atoms with Crippen LogP contribution in [-0.4, -0.2) is 61.6 Å². The number of halogens is 2. The number of aliphatic carboxylic acids is 1. The highest BCUT2D eigenvalue weighted by molar-refractivity contribution is 6.74. The lowest BCUT2D eigenvalue weighted by Crippen LogP contribution is -2.49. The molecule has 0 aromatic carbocycles. The molecule has 0 spiro atoms. The number of hydrogen-bond donors (Lipinski definition) is 2. The molecule has 1 aliphatic carbocycles. The summed E-state index contributed by atoms with van der Waals surface area (Å²) in [6.07, 6.45) is 8.52. The molecule has 234 valence electrons. The van der Waals surface area contributed by atoms with Gasteiger partial charge in [-0.25, -0.2) is 8.78 Å². The molecule has 40 heavy (non-hydrogen) atoms. The Kier molecular flexibility index (Phi) is 14.2. The number of alkyl halides is 2. The molecule has 1 saturated carbocycles. The predicted molar refractivity (Wildman–Crippen MR) is 157 cm³/mol. The monoisotopic (exact) mass is 590 g/mol. The average Bonchev–Trinajstić information content (AvgIpc) is 3.15. The lowest BCUT2D eigenvalue weighted by Gasteiger charge is -2.42. The maximum absolute atomic E-state index is 15.6. The lowest BCUT2D eigenvalue weighted by atomic mass is 9.85. The van der Waals surface area contributed by atoms with Crippen LogP contribution >= 0.6 is 0 Å². The zero-order valence-electron chi connectivity index (χ0n) is 25.8. The Balaban J connectivity index is 2.21. The van der Waals surface area contributed by atoms with Gasteiger partial charge in [0, 0.05) is 25.9 Å². The van der Waals surface area contributed by atoms with Crippen LogP contribution in [0.15, 0.2) is 12.2 Å². The number of ether oxygens (including phenoxy) is 2. The fourth-order valence-electron chi connectivity index (χ4n) is 5.60. The minimum Gasteiger partial charge on any atom is -0.481 e. The van der Waals surface area contributed by atoms with E-state index in [-0.39, 0.29) is 48.5 Å². The molecule has 0 aromatic rings. The molecule has 1 heterocycles. The fourth-order valence-corrected chi connectivity index (χ4v) is 6.95. The molecule has 1 aliphatic heterocycles. The summed E-state index contributed by atoms with van der Waals surface area (Å²) in [7, 11) is -2.45. The fraction of sp³-hybridized carbons (Fsp3) is 0.903. The molecular weight excluding hydrogens is 534 g/mol. The number of unbranched alkanes of at least 4 members (excludes halogenated alkanes) is 2. The van der Waals surface area contributed by atoms with E-state index in [1.54, 1.807) is 0 Å². The number of rotatable bonds is 17. The number of allylic oxidation sites excluding steroid dienone is 2. The Bertz CT molecular complexity index is 778. The minimum absolute atomic E-state index is 0.100. The van der Waals surface area contributed by atoms with E-state index in [1.807, 2.05) is 32.2 Å². The SMILES string of the molecule is CCCCC(F)(F)C(CC[C@@H]1[C@@H](C/C=C\CCCC(=O)O)[C@@H](O)C[C@H]1OC1CCCCO1)O[Si](C)(C)C(C)(C)C. The van der Waals surface area contributed by atoms with Crippen molar-refractivity contribution < 1.29 is 37.7 Å². The summed E-state index contributed by atoms with van der Waals surface area (Å²) in [6, 6.07) is 0. The van der Waals surface area contributed by atoms with Gasteiger partial charge in [0.25, 0.3) is 5.92 Å². The number of aliphatic hydroxyl groups excluding tert-OH is 1. The normalized spacial score (nSPS) is 27.4. The van der Waals surface area contributed by atoms with E-state index in [9.17, 15) is 9.90 Å². The summed E-state index contributed by atoms with van der Waals surface area (Å²) < 4.78 is 49.9. The van der Waals surface area contributed by atoms with E-state index >= 15 is 8.78 Å². The van der Waals surface area contributed by atoms with Gasteiger partial charge in [-0.15, -0.1) is 0 Å². The van der Waals surface area contributed by atoms with E-state index in [0.717, 1.165) is 19.3 Å². The second-order valence-electron chi connectivity index (χ2n) is 13.4. The molecule has 2 unspecified atom stereocenters. The van der Waals surface area contributed by atoms with Crippen molar-refractivity contribution in [2.75, 3.05) is 6.61 Å². The maximum atomic E-state index is 15.6. The maximum Gasteiger partial charge on any atom is 0.303 e. The molecule has 0 radical (unpaired) electrons. The van der Waals surface area contributed by atoms with E-state index in [4.69, 9.17) is 19.0 Å². The number of carboxylic acids is 1. The third kappa shape index (κ3) is 11.1. The second kappa shape index (κ2) is 16.1. The van der Waals surface area contributed by atoms with Crippen LogP contribution in [0, 0.1) is 11.8 Å². The van der Waals surface area contributed by atoms with E-state index in [1.165, 1.54) is 0 Å². The first-order valence-corrected chi connectivity index (χ1v) is 18.5. The van der Waals surface area contributed by atoms with Crippen molar-refractivity contribution in [3.63, 3.8) is 0 Å². The van der Waals surface area contributed by atoms with Crippen molar-refractivity contribution in [2.24, 2.45) is 11.8 Å². The van der Waals surface area contributed by atoms with Crippen LogP contribution in [0.25, 0.3) is 0 Å². The van der Waals surface area contributed by atoms with Crippen LogP contribution in [0.4, 0.5) is 8.78 Å². The lowest BCUT2D eigenvalue weighted by molar-refractivity contribution is -0.197. The van der Waals surface area contributed by atoms with Gasteiger partial charge in [0.05, 0.1) is 12.2 Å². The molecule has 2 fully saturated rings. The zero-order chi connectivity index (χ0) is 30.0. The molecular formula is C31H56F2O6Si. The Morgan fingerprint density at radius 2 is 1.88 bits per heavy atom. The van der Waals surface area contributed by atoms with Gasteiger partial charge < -0.3 is 24.1 Å². The molecule has 0 bridgehead atoms. The van der Waals surface area contributed by atoms with Gasteiger partial charge in [-0.05, 0) is 87.8 Å². The van der Waals surface area contributed by atoms with Crippen molar-refractivity contribution in [1.82, 2.24) is 0 Å². The predicted octanol–water partition coefficient (Wildman–Crippen LogP) is 8.09. The Labute approximate surface area is 242 Å². The molecule has 6 atom stereocenters. The number of carbonyl (C=O) groups is 1. The number of hydrogen-bond acceptors (Lipinski definition) is 5. The minimum atomic E-state index is -2.93. The van der Waals surface area contributed by atoms with Crippen LogP contribution in [0.3, 0.4) is 0 Å². The van der Waals surface area contributed by atoms with Crippen LogP contribution in [0.2, 0.25) is 18.1 Å². The molecule has 1 saturated heterocycles. The second-order valence-corrected chi connectivity index (χ2v) is 18.2. The summed E-state index contributed by atoms with van der Waals surface area (Å²) >= 11 is 0. The van der Waals surface area contributed by atoms with Crippen LogP contribution in [-0.2, 0) is 18.7 Å². The van der Waals surface area contributed by atoms with E-state index < -0.39 is 32.4 Å². The summed E-state index contributed by atoms with van der Waals surface area (Å²) in [6.45, 7) is 12.8. The van der Waals surface area contributed by atoms with Crippen LogP contribution in [0.1, 0.15) is 111 Å². The Morgan fingerprint density at radius 3 is 2.48 bits per heavy atom. The first-order chi connectivity index (χ1) is 18.7. The highest BCUT2D eigenvalue weighted by atomic mass is 28.4. The van der Waals surface area contributed by atoms with Gasteiger partial charge in [-0.3, -0.25) is 4.79 Å². The number of aliphatic hydroxyl groups is 1. The molecule has 9 heteroatoms. The summed E-state index contributed by atoms with van der Waals surface area (Å²) in [4.78, 5) is 10.8. The summed E-state index contributed by atoms with van der Waals surface area (Å²) in [5, 5.41) is 19.7. The van der Waals surface area contributed by atoms with Crippen molar-refractivity contribution >= 4 is 14.3 Å². The van der Waals surface area contributed by atoms with Gasteiger partial charge in [0.15, 0.2) is 14.6 Å².